The van der Waals surface area contributed by atoms with Gasteiger partial charge in [-0.15, -0.1) is 0 Å². The lowest BCUT2D eigenvalue weighted by atomic mass is 10.1. The second-order valence-corrected chi connectivity index (χ2v) is 7.69. The Morgan fingerprint density at radius 2 is 1.47 bits per heavy atom. The van der Waals surface area contributed by atoms with Crippen molar-refractivity contribution < 1.29 is 23.9 Å². The van der Waals surface area contributed by atoms with Crippen molar-refractivity contribution in [3.63, 3.8) is 0 Å². The van der Waals surface area contributed by atoms with Crippen LogP contribution in [0.4, 0.5) is 5.69 Å². The van der Waals surface area contributed by atoms with Crippen LogP contribution >= 0.6 is 0 Å². The van der Waals surface area contributed by atoms with Crippen LogP contribution in [-0.2, 0) is 27.3 Å². The summed E-state index contributed by atoms with van der Waals surface area (Å²) in [7, 11) is 1.57. The number of amides is 3. The van der Waals surface area contributed by atoms with Gasteiger partial charge in [0.2, 0.25) is 0 Å². The molecular weight excluding hydrogens is 460 g/mol. The van der Waals surface area contributed by atoms with Crippen molar-refractivity contribution in [3.05, 3.63) is 89.5 Å². The highest BCUT2D eigenvalue weighted by molar-refractivity contribution is 6.35. The van der Waals surface area contributed by atoms with Crippen molar-refractivity contribution in [1.29, 1.82) is 0 Å². The second kappa shape index (κ2) is 13.3. The van der Waals surface area contributed by atoms with Crippen molar-refractivity contribution in [1.82, 2.24) is 10.7 Å². The summed E-state index contributed by atoms with van der Waals surface area (Å²) in [6, 6.07) is 21.5. The predicted molar refractivity (Wildman–Crippen MR) is 137 cm³/mol. The number of nitrogens with zero attached hydrogens (tertiary/aromatic N) is 1. The Morgan fingerprint density at radius 3 is 2.11 bits per heavy atom. The zero-order chi connectivity index (χ0) is 25.8. The number of ether oxygens (including phenoxy) is 2. The average molecular weight is 489 g/mol. The fourth-order valence-electron chi connectivity index (χ4n) is 3.04. The summed E-state index contributed by atoms with van der Waals surface area (Å²) in [4.78, 5) is 35.9. The molecule has 0 fully saturated rings. The summed E-state index contributed by atoms with van der Waals surface area (Å²) in [5.74, 6) is -0.736. The Bertz CT molecular complexity index is 1190. The Kier molecular flexibility index (Phi) is 9.58. The second-order valence-electron chi connectivity index (χ2n) is 7.69. The van der Waals surface area contributed by atoms with Crippen molar-refractivity contribution in [2.75, 3.05) is 19.0 Å². The first-order valence-electron chi connectivity index (χ1n) is 11.3. The van der Waals surface area contributed by atoms with Crippen LogP contribution in [0.25, 0.3) is 0 Å². The maximum Gasteiger partial charge on any atom is 0.329 e. The first kappa shape index (κ1) is 26.0. The third-order valence-electron chi connectivity index (χ3n) is 5.09. The third-order valence-corrected chi connectivity index (χ3v) is 5.09. The van der Waals surface area contributed by atoms with E-state index in [4.69, 9.17) is 9.47 Å². The Hall–Kier alpha value is -4.66. The third kappa shape index (κ3) is 8.28. The summed E-state index contributed by atoms with van der Waals surface area (Å²) in [5.41, 5.74) is 5.58. The average Bonchev–Trinajstić information content (AvgIpc) is 2.92. The molecule has 0 saturated heterocycles. The number of rotatable bonds is 10. The predicted octanol–water partition coefficient (Wildman–Crippen LogP) is 3.04. The first-order valence-corrected chi connectivity index (χ1v) is 11.3. The molecule has 0 aromatic heterocycles. The van der Waals surface area contributed by atoms with Crippen LogP contribution in [0.5, 0.6) is 11.5 Å². The van der Waals surface area contributed by atoms with E-state index < -0.39 is 11.8 Å². The van der Waals surface area contributed by atoms with Crippen LogP contribution in [0.2, 0.25) is 0 Å². The van der Waals surface area contributed by atoms with E-state index in [1.165, 1.54) is 11.8 Å². The van der Waals surface area contributed by atoms with E-state index in [-0.39, 0.29) is 19.1 Å². The van der Waals surface area contributed by atoms with Gasteiger partial charge in [-0.05, 0) is 71.6 Å². The van der Waals surface area contributed by atoms with Crippen molar-refractivity contribution in [2.45, 2.75) is 19.9 Å². The van der Waals surface area contributed by atoms with Crippen molar-refractivity contribution in [2.24, 2.45) is 5.10 Å². The summed E-state index contributed by atoms with van der Waals surface area (Å²) in [5, 5.41) is 9.10. The molecule has 36 heavy (non-hydrogen) atoms. The quantitative estimate of drug-likeness (QED) is 0.230. The maximum absolute atomic E-state index is 12.1. The number of carbonyl (C=O) groups excluding carboxylic acids is 3. The normalized spacial score (nSPS) is 10.5. The van der Waals surface area contributed by atoms with Crippen LogP contribution in [0, 0.1) is 0 Å². The number of anilines is 1. The molecule has 3 aromatic rings. The Balaban J connectivity index is 1.38. The van der Waals surface area contributed by atoms with E-state index in [0.29, 0.717) is 22.7 Å². The van der Waals surface area contributed by atoms with Crippen molar-refractivity contribution >= 4 is 29.6 Å². The van der Waals surface area contributed by atoms with Gasteiger partial charge in [-0.3, -0.25) is 14.4 Å². The zero-order valence-corrected chi connectivity index (χ0v) is 20.1. The minimum Gasteiger partial charge on any atom is -0.497 e. The minimum atomic E-state index is -0.880. The molecule has 0 heterocycles. The van der Waals surface area contributed by atoms with Crippen LogP contribution < -0.4 is 25.5 Å². The number of methoxy groups -OCH3 is 1. The fourth-order valence-corrected chi connectivity index (χ4v) is 3.04. The number of carbonyl (C=O) groups is 3. The molecule has 3 amide bonds. The highest BCUT2D eigenvalue weighted by Crippen LogP contribution is 2.13. The lowest BCUT2D eigenvalue weighted by molar-refractivity contribution is -0.139. The molecule has 3 aromatic carbocycles. The number of hydrazone groups is 1. The molecule has 3 rings (SSSR count). The van der Waals surface area contributed by atoms with Gasteiger partial charge in [-0.25, -0.2) is 5.43 Å². The lowest BCUT2D eigenvalue weighted by Gasteiger charge is -2.08. The van der Waals surface area contributed by atoms with E-state index >= 15 is 0 Å². The Labute approximate surface area is 209 Å². The van der Waals surface area contributed by atoms with Gasteiger partial charge >= 0.3 is 11.8 Å². The molecule has 0 spiro atoms. The molecule has 9 heteroatoms. The summed E-state index contributed by atoms with van der Waals surface area (Å²) < 4.78 is 10.6. The van der Waals surface area contributed by atoms with Crippen LogP contribution in [0.15, 0.2) is 77.9 Å². The minimum absolute atomic E-state index is 0.134. The number of hydrogen-bond donors (Lipinski definition) is 3. The van der Waals surface area contributed by atoms with E-state index in [2.05, 4.69) is 28.1 Å². The number of benzene rings is 3. The maximum atomic E-state index is 12.1. The van der Waals surface area contributed by atoms with Gasteiger partial charge in [0.15, 0.2) is 6.61 Å². The monoisotopic (exact) mass is 488 g/mol. The molecule has 186 valence electrons. The molecule has 0 aliphatic rings. The smallest absolute Gasteiger partial charge is 0.329 e. The van der Waals surface area contributed by atoms with E-state index in [9.17, 15) is 14.4 Å². The van der Waals surface area contributed by atoms with Gasteiger partial charge in [0, 0.05) is 12.2 Å². The van der Waals surface area contributed by atoms with Gasteiger partial charge in [0.1, 0.15) is 11.5 Å². The summed E-state index contributed by atoms with van der Waals surface area (Å²) in [6.07, 6.45) is 2.33. The highest BCUT2D eigenvalue weighted by Gasteiger charge is 2.12. The van der Waals surface area contributed by atoms with Gasteiger partial charge < -0.3 is 20.1 Å². The summed E-state index contributed by atoms with van der Waals surface area (Å²) >= 11 is 0. The number of aryl methyl sites for hydroxylation is 1. The molecule has 9 nitrogen and oxygen atoms in total. The molecule has 0 unspecified atom stereocenters. The molecule has 0 radical (unpaired) electrons. The molecule has 0 bridgehead atoms. The lowest BCUT2D eigenvalue weighted by Crippen LogP contribution is -2.37. The molecule has 3 N–H and O–H groups in total. The zero-order valence-electron chi connectivity index (χ0n) is 20.1. The fraction of sp³-hybridized carbons (Fsp3) is 0.185. The topological polar surface area (TPSA) is 118 Å². The van der Waals surface area contributed by atoms with Gasteiger partial charge in [-0.1, -0.05) is 31.2 Å². The SMILES string of the molecule is CCc1ccc(NC(=O)COc2ccc(/C=N\NC(=O)C(=O)NCc3ccc(OC)cc3)cc2)cc1. The van der Waals surface area contributed by atoms with E-state index in [1.807, 2.05) is 24.3 Å². The summed E-state index contributed by atoms with van der Waals surface area (Å²) in [6.45, 7) is 2.13. The van der Waals surface area contributed by atoms with Gasteiger partial charge in [0.05, 0.1) is 13.3 Å². The highest BCUT2D eigenvalue weighted by atomic mass is 16.5. The molecule has 0 saturated carbocycles. The van der Waals surface area contributed by atoms with Crippen LogP contribution in [-0.4, -0.2) is 37.7 Å². The van der Waals surface area contributed by atoms with E-state index in [1.54, 1.807) is 55.6 Å². The van der Waals surface area contributed by atoms with Crippen LogP contribution in [0.1, 0.15) is 23.6 Å². The molecule has 0 aliphatic heterocycles. The number of nitrogens with one attached hydrogen (secondary N) is 3. The Morgan fingerprint density at radius 1 is 0.833 bits per heavy atom. The molecular formula is C27H28N4O5. The molecule has 0 atom stereocenters. The number of hydrogen-bond acceptors (Lipinski definition) is 6. The van der Waals surface area contributed by atoms with Crippen LogP contribution in [0.3, 0.4) is 0 Å². The van der Waals surface area contributed by atoms with E-state index in [0.717, 1.165) is 12.0 Å². The van der Waals surface area contributed by atoms with Crippen molar-refractivity contribution in [3.8, 4) is 11.5 Å². The van der Waals surface area contributed by atoms with Gasteiger partial charge in [0.25, 0.3) is 5.91 Å². The first-order chi connectivity index (χ1) is 17.5. The molecule has 0 aliphatic carbocycles. The standard InChI is InChI=1S/C27H28N4O5/c1-3-19-4-10-22(11-5-19)30-25(32)18-36-24-14-8-21(9-15-24)17-29-31-27(34)26(33)28-16-20-6-12-23(35-2)13-7-20/h4-15,17H,3,16,18H2,1-2H3,(H,28,33)(H,30,32)(H,31,34)/b29-17-. The van der Waals surface area contributed by atoms with Gasteiger partial charge in [-0.2, -0.15) is 5.10 Å². The largest absolute Gasteiger partial charge is 0.497 e.